The average Bonchev–Trinajstić information content (AvgIpc) is 2.14. The molecule has 0 spiro atoms. The Kier molecular flexibility index (Phi) is 5.61. The lowest BCUT2D eigenvalue weighted by atomic mass is 10.0. The smallest absolute Gasteiger partial charge is 0.326 e. The molecule has 0 radical (unpaired) electrons. The Bertz CT molecular complexity index is 339. The maximum absolute atomic E-state index is 11.6. The molecule has 0 heterocycles. The zero-order valence-electron chi connectivity index (χ0n) is 11.1. The van der Waals surface area contributed by atoms with Crippen LogP contribution in [0.2, 0.25) is 0 Å². The predicted molar refractivity (Wildman–Crippen MR) is 65.8 cm³/mol. The van der Waals surface area contributed by atoms with Crippen LogP contribution >= 0.6 is 0 Å². The van der Waals surface area contributed by atoms with Gasteiger partial charge in [-0.25, -0.2) is 9.59 Å². The summed E-state index contributed by atoms with van der Waals surface area (Å²) >= 11 is 0. The molecule has 1 atom stereocenters. The maximum Gasteiger partial charge on any atom is 0.326 e. The third-order valence-corrected chi connectivity index (χ3v) is 2.35. The van der Waals surface area contributed by atoms with Crippen LogP contribution in [0.25, 0.3) is 0 Å². The number of carboxylic acids is 1. The number of urea groups is 1. The Morgan fingerprint density at radius 2 is 1.78 bits per heavy atom. The van der Waals surface area contributed by atoms with Crippen LogP contribution in [0.15, 0.2) is 0 Å². The van der Waals surface area contributed by atoms with Gasteiger partial charge in [-0.15, -0.1) is 0 Å². The molecule has 0 fully saturated rings. The molecule has 5 N–H and O–H groups in total. The highest BCUT2D eigenvalue weighted by atomic mass is 16.4. The number of nitrogens with one attached hydrogen (secondary N) is 2. The van der Waals surface area contributed by atoms with Crippen molar-refractivity contribution in [3.05, 3.63) is 0 Å². The molecule has 0 aromatic heterocycles. The van der Waals surface area contributed by atoms with Gasteiger partial charge in [0, 0.05) is 0 Å². The largest absolute Gasteiger partial charge is 0.480 e. The van der Waals surface area contributed by atoms with Crippen molar-refractivity contribution >= 4 is 17.9 Å². The minimum absolute atomic E-state index is 0.121. The maximum atomic E-state index is 11.6. The third-order valence-electron chi connectivity index (χ3n) is 2.35. The van der Waals surface area contributed by atoms with Gasteiger partial charge in [0.1, 0.15) is 11.6 Å². The summed E-state index contributed by atoms with van der Waals surface area (Å²) in [5.41, 5.74) is 3.86. The number of carbonyl (C=O) groups excluding carboxylic acids is 2. The molecule has 7 heteroatoms. The van der Waals surface area contributed by atoms with Crippen molar-refractivity contribution in [2.45, 2.75) is 45.7 Å². The lowest BCUT2D eigenvalue weighted by molar-refractivity contribution is -0.139. The highest BCUT2D eigenvalue weighted by Gasteiger charge is 2.29. The fraction of sp³-hybridized carbons (Fsp3) is 0.727. The van der Waals surface area contributed by atoms with Crippen LogP contribution in [-0.2, 0) is 9.59 Å². The number of aliphatic carboxylic acids is 1. The van der Waals surface area contributed by atoms with Gasteiger partial charge in [-0.2, -0.15) is 0 Å². The van der Waals surface area contributed by atoms with Crippen molar-refractivity contribution in [1.82, 2.24) is 10.6 Å². The monoisotopic (exact) mass is 259 g/mol. The van der Waals surface area contributed by atoms with E-state index in [0.717, 1.165) is 0 Å². The van der Waals surface area contributed by atoms with Crippen molar-refractivity contribution in [2.24, 2.45) is 11.7 Å². The van der Waals surface area contributed by atoms with Gasteiger partial charge < -0.3 is 21.5 Å². The van der Waals surface area contributed by atoms with E-state index in [0.29, 0.717) is 6.42 Å². The van der Waals surface area contributed by atoms with Crippen molar-refractivity contribution in [3.8, 4) is 0 Å². The third kappa shape index (κ3) is 5.51. The molecule has 0 bridgehead atoms. The molecule has 7 nitrogen and oxygen atoms in total. The van der Waals surface area contributed by atoms with Crippen molar-refractivity contribution < 1.29 is 19.5 Å². The molecule has 3 amide bonds. The summed E-state index contributed by atoms with van der Waals surface area (Å²) in [5, 5.41) is 13.6. The summed E-state index contributed by atoms with van der Waals surface area (Å²) in [5.74, 6) is -1.69. The second kappa shape index (κ2) is 6.23. The molecule has 18 heavy (non-hydrogen) atoms. The first kappa shape index (κ1) is 16.2. The van der Waals surface area contributed by atoms with E-state index in [1.807, 2.05) is 13.8 Å². The van der Waals surface area contributed by atoms with Crippen LogP contribution in [-0.4, -0.2) is 34.6 Å². The molecule has 0 aromatic rings. The summed E-state index contributed by atoms with van der Waals surface area (Å²) in [4.78, 5) is 33.5. The van der Waals surface area contributed by atoms with Gasteiger partial charge in [0.15, 0.2) is 0 Å². The average molecular weight is 259 g/mol. The number of primary amides is 1. The van der Waals surface area contributed by atoms with Gasteiger partial charge in [-0.1, -0.05) is 13.8 Å². The lowest BCUT2D eigenvalue weighted by Crippen LogP contribution is -2.58. The first-order valence-corrected chi connectivity index (χ1v) is 5.67. The Hall–Kier alpha value is -1.79. The summed E-state index contributed by atoms with van der Waals surface area (Å²) in [7, 11) is 0. The standard InChI is InChI=1S/C11H21N3O4/c1-6(2)5-7(8(15)16)13-10(18)14-11(3,4)9(12)17/h6-7H,5H2,1-4H3,(H2,12,17)(H,15,16)(H2,13,14,18)/t7-/m1/s1. The van der Waals surface area contributed by atoms with Gasteiger partial charge in [0.05, 0.1) is 0 Å². The topological polar surface area (TPSA) is 122 Å². The number of nitrogens with two attached hydrogens (primary N) is 1. The lowest BCUT2D eigenvalue weighted by Gasteiger charge is -2.24. The highest BCUT2D eigenvalue weighted by Crippen LogP contribution is 2.05. The van der Waals surface area contributed by atoms with Crippen LogP contribution in [0.4, 0.5) is 4.79 Å². The predicted octanol–water partition coefficient (Wildman–Crippen LogP) is 0.0488. The second-order valence-electron chi connectivity index (χ2n) is 5.11. The first-order chi connectivity index (χ1) is 8.06. The minimum atomic E-state index is -1.23. The van der Waals surface area contributed by atoms with E-state index in [9.17, 15) is 14.4 Å². The van der Waals surface area contributed by atoms with E-state index in [1.165, 1.54) is 13.8 Å². The van der Waals surface area contributed by atoms with E-state index in [1.54, 1.807) is 0 Å². The van der Waals surface area contributed by atoms with Crippen molar-refractivity contribution in [2.75, 3.05) is 0 Å². The van der Waals surface area contributed by atoms with Crippen molar-refractivity contribution in [3.63, 3.8) is 0 Å². The molecule has 104 valence electrons. The Morgan fingerprint density at radius 3 is 2.11 bits per heavy atom. The van der Waals surface area contributed by atoms with Crippen LogP contribution < -0.4 is 16.4 Å². The second-order valence-corrected chi connectivity index (χ2v) is 5.11. The SMILES string of the molecule is CC(C)C[C@@H](NC(=O)NC(C)(C)C(N)=O)C(=O)O. The zero-order valence-corrected chi connectivity index (χ0v) is 11.1. The number of hydrogen-bond acceptors (Lipinski definition) is 3. The van der Waals surface area contributed by atoms with E-state index in [2.05, 4.69) is 10.6 Å². The van der Waals surface area contributed by atoms with Crippen molar-refractivity contribution in [1.29, 1.82) is 0 Å². The fourth-order valence-electron chi connectivity index (χ4n) is 1.23. The van der Waals surface area contributed by atoms with Gasteiger partial charge in [-0.3, -0.25) is 4.79 Å². The summed E-state index contributed by atoms with van der Waals surface area (Å²) in [6.45, 7) is 6.58. The van der Waals surface area contributed by atoms with Crippen LogP contribution in [0.5, 0.6) is 0 Å². The normalized spacial score (nSPS) is 12.9. The van der Waals surface area contributed by atoms with E-state index in [-0.39, 0.29) is 5.92 Å². The quantitative estimate of drug-likeness (QED) is 0.538. The fourth-order valence-corrected chi connectivity index (χ4v) is 1.23. The Balaban J connectivity index is 4.53. The Morgan fingerprint density at radius 1 is 1.28 bits per heavy atom. The van der Waals surface area contributed by atoms with E-state index < -0.39 is 29.5 Å². The molecule has 0 aromatic carbocycles. The molecular formula is C11H21N3O4. The molecule has 0 aliphatic heterocycles. The number of hydrogen-bond donors (Lipinski definition) is 4. The van der Waals surface area contributed by atoms with Gasteiger partial charge >= 0.3 is 12.0 Å². The number of rotatable bonds is 6. The summed E-state index contributed by atoms with van der Waals surface area (Å²) < 4.78 is 0. The summed E-state index contributed by atoms with van der Waals surface area (Å²) in [6.07, 6.45) is 0.305. The zero-order chi connectivity index (χ0) is 14.5. The number of amides is 3. The van der Waals surface area contributed by atoms with E-state index in [4.69, 9.17) is 10.8 Å². The summed E-state index contributed by atoms with van der Waals surface area (Å²) in [6, 6.07) is -1.72. The molecule has 0 rings (SSSR count). The molecule has 0 aliphatic carbocycles. The molecule has 0 unspecified atom stereocenters. The minimum Gasteiger partial charge on any atom is -0.480 e. The molecule has 0 aliphatic rings. The Labute approximate surface area is 106 Å². The van der Waals surface area contributed by atoms with Crippen LogP contribution in [0.1, 0.15) is 34.1 Å². The molecule has 0 saturated carbocycles. The molecular weight excluding hydrogens is 238 g/mol. The van der Waals surface area contributed by atoms with Crippen LogP contribution in [0, 0.1) is 5.92 Å². The highest BCUT2D eigenvalue weighted by molar-refractivity contribution is 5.90. The van der Waals surface area contributed by atoms with Crippen LogP contribution in [0.3, 0.4) is 0 Å². The molecule has 0 saturated heterocycles. The number of carbonyl (C=O) groups is 3. The van der Waals surface area contributed by atoms with Gasteiger partial charge in [0.2, 0.25) is 5.91 Å². The van der Waals surface area contributed by atoms with E-state index >= 15 is 0 Å². The first-order valence-electron chi connectivity index (χ1n) is 5.67. The number of carboxylic acid groups (broad SMARTS) is 1. The van der Waals surface area contributed by atoms with Gasteiger partial charge in [-0.05, 0) is 26.2 Å². The van der Waals surface area contributed by atoms with Gasteiger partial charge in [0.25, 0.3) is 0 Å².